The van der Waals surface area contributed by atoms with Crippen LogP contribution in [0.1, 0.15) is 176 Å². The molecule has 13 atom stereocenters. The average Bonchev–Trinajstić information content (AvgIpc) is 3.75. The van der Waals surface area contributed by atoms with Crippen LogP contribution in [-0.4, -0.2) is 57.8 Å². The highest BCUT2D eigenvalue weighted by Crippen LogP contribution is 2.64. The number of aromatic hydroxyl groups is 1. The number of aliphatic hydroxyl groups excluding tert-OH is 2. The Morgan fingerprint density at radius 3 is 1.86 bits per heavy atom. The lowest BCUT2D eigenvalue weighted by molar-refractivity contribution is -0.284. The molecule has 4 fully saturated rings. The first-order valence-corrected chi connectivity index (χ1v) is 25.5. The summed E-state index contributed by atoms with van der Waals surface area (Å²) < 4.78 is 68.7. The van der Waals surface area contributed by atoms with Gasteiger partial charge < -0.3 is 25.2 Å². The second-order valence-electron chi connectivity index (χ2n) is 22.1. The van der Waals surface area contributed by atoms with Crippen molar-refractivity contribution in [2.45, 2.75) is 191 Å². The van der Waals surface area contributed by atoms with E-state index in [4.69, 9.17) is 4.74 Å². The van der Waals surface area contributed by atoms with Crippen LogP contribution in [0, 0.1) is 52.3 Å². The second kappa shape index (κ2) is 20.8. The third-order valence-electron chi connectivity index (χ3n) is 18.5. The van der Waals surface area contributed by atoms with Crippen LogP contribution in [0.15, 0.2) is 49.1 Å². The van der Waals surface area contributed by atoms with Gasteiger partial charge in [0.05, 0.1) is 25.2 Å². The Labute approximate surface area is 390 Å². The lowest BCUT2D eigenvalue weighted by Gasteiger charge is -2.53. The zero-order valence-electron chi connectivity index (χ0n) is 39.7. The first-order chi connectivity index (χ1) is 31.3. The molecular weight excluding hydrogens is 852 g/mol. The van der Waals surface area contributed by atoms with Gasteiger partial charge in [0, 0.05) is 6.42 Å². The minimum atomic E-state index is -5.60. The normalized spacial score (nSPS) is 33.7. The molecule has 0 bridgehead atoms. The Morgan fingerprint density at radius 1 is 0.758 bits per heavy atom. The van der Waals surface area contributed by atoms with Gasteiger partial charge in [-0.15, -0.1) is 6.58 Å². The van der Waals surface area contributed by atoms with Gasteiger partial charge in [-0.25, -0.2) is 0 Å². The number of carboxylic acid groups (broad SMARTS) is 1. The minimum absolute atomic E-state index is 0.0130. The van der Waals surface area contributed by atoms with Crippen molar-refractivity contribution in [2.75, 3.05) is 7.11 Å². The molecule has 0 aromatic heterocycles. The molecule has 2 aromatic rings. The number of fused-ring (bicyclic) bond motifs is 10. The minimum Gasteiger partial charge on any atom is -0.508 e. The van der Waals surface area contributed by atoms with Gasteiger partial charge in [0.25, 0.3) is 0 Å². The number of halogens is 5. The van der Waals surface area contributed by atoms with Crippen molar-refractivity contribution >= 4 is 5.97 Å². The molecule has 0 aliphatic heterocycles. The molecule has 7 unspecified atom stereocenters. The molecule has 4 saturated carbocycles. The Bertz CT molecular complexity index is 1970. The van der Waals surface area contributed by atoms with Gasteiger partial charge in [0.15, 0.2) is 0 Å². The summed E-state index contributed by atoms with van der Waals surface area (Å²) >= 11 is 0. The summed E-state index contributed by atoms with van der Waals surface area (Å²) in [5.74, 6) is -0.832. The molecule has 0 radical (unpaired) electrons. The topological polar surface area (TPSA) is 107 Å². The molecule has 8 rings (SSSR count). The Kier molecular flexibility index (Phi) is 16.0. The summed E-state index contributed by atoms with van der Waals surface area (Å²) in [7, 11) is 1.75. The van der Waals surface area contributed by atoms with Crippen molar-refractivity contribution in [3.8, 4) is 11.5 Å². The summed E-state index contributed by atoms with van der Waals surface area (Å²) in [6, 6.07) is 12.5. The van der Waals surface area contributed by atoms with Crippen LogP contribution in [-0.2, 0) is 17.6 Å². The average molecular weight is 929 g/mol. The SMILES string of the molecule is C=CC[C@@H]1Cc2cc(OC)ccc2C2CC[C@@]3(C)C(CC[C@@H]3O)C21.C[C@]12CCC3c4ccc(O)cc4C[C@@H](CCCCCCCCC(CCCC(F)(F)C(F)(F)F)C(=O)O)C3C1CC[C@@H]2O. The maximum atomic E-state index is 13.1. The quantitative estimate of drug-likeness (QED) is 0.0715. The second-order valence-corrected chi connectivity index (χ2v) is 22.1. The van der Waals surface area contributed by atoms with Crippen LogP contribution in [0.5, 0.6) is 11.5 Å². The number of allylic oxidation sites excluding steroid dienone is 1. The number of rotatable bonds is 17. The number of carboxylic acids is 1. The Hall–Kier alpha value is -3.18. The van der Waals surface area contributed by atoms with Crippen LogP contribution in [0.2, 0.25) is 0 Å². The molecule has 66 heavy (non-hydrogen) atoms. The van der Waals surface area contributed by atoms with E-state index in [-0.39, 0.29) is 35.9 Å². The number of benzene rings is 2. The van der Waals surface area contributed by atoms with Crippen molar-refractivity contribution in [1.29, 1.82) is 0 Å². The first kappa shape index (κ1) is 50.7. The third-order valence-corrected chi connectivity index (χ3v) is 18.5. The molecular formula is C55H77F5O6. The van der Waals surface area contributed by atoms with E-state index in [1.807, 2.05) is 6.07 Å². The third kappa shape index (κ3) is 10.4. The van der Waals surface area contributed by atoms with Crippen molar-refractivity contribution in [3.63, 3.8) is 0 Å². The number of aliphatic hydroxyl groups is 2. The van der Waals surface area contributed by atoms with E-state index in [0.717, 1.165) is 102 Å². The monoisotopic (exact) mass is 929 g/mol. The fourth-order valence-electron chi connectivity index (χ4n) is 14.9. The largest absolute Gasteiger partial charge is 0.508 e. The van der Waals surface area contributed by atoms with Gasteiger partial charge >= 0.3 is 18.1 Å². The Balaban J connectivity index is 0.000000227. The summed E-state index contributed by atoms with van der Waals surface area (Å²) in [6.45, 7) is 8.65. The van der Waals surface area contributed by atoms with Gasteiger partial charge in [-0.1, -0.05) is 70.6 Å². The molecule has 0 amide bonds. The number of phenols is 1. The van der Waals surface area contributed by atoms with Crippen LogP contribution in [0.25, 0.3) is 0 Å². The van der Waals surface area contributed by atoms with E-state index >= 15 is 0 Å². The number of hydrogen-bond donors (Lipinski definition) is 4. The van der Waals surface area contributed by atoms with Crippen molar-refractivity contribution in [2.24, 2.45) is 52.3 Å². The summed E-state index contributed by atoms with van der Waals surface area (Å²) in [5.41, 5.74) is 5.78. The van der Waals surface area contributed by atoms with E-state index in [0.29, 0.717) is 59.5 Å². The van der Waals surface area contributed by atoms with E-state index in [9.17, 15) is 47.2 Å². The van der Waals surface area contributed by atoms with Gasteiger partial charge in [-0.3, -0.25) is 4.79 Å². The molecule has 2 aromatic carbocycles. The van der Waals surface area contributed by atoms with Crippen LogP contribution < -0.4 is 4.74 Å². The molecule has 0 heterocycles. The number of unbranched alkanes of at least 4 members (excludes halogenated alkanes) is 5. The lowest BCUT2D eigenvalue weighted by Crippen LogP contribution is -2.47. The van der Waals surface area contributed by atoms with Crippen molar-refractivity contribution in [3.05, 3.63) is 71.3 Å². The zero-order valence-corrected chi connectivity index (χ0v) is 39.7. The van der Waals surface area contributed by atoms with Crippen LogP contribution in [0.4, 0.5) is 22.0 Å². The fraction of sp³-hybridized carbons (Fsp3) is 0.727. The highest BCUT2D eigenvalue weighted by atomic mass is 19.4. The molecule has 6 aliphatic carbocycles. The lowest BCUT2D eigenvalue weighted by atomic mass is 9.52. The van der Waals surface area contributed by atoms with Gasteiger partial charge in [-0.2, -0.15) is 22.0 Å². The highest BCUT2D eigenvalue weighted by Gasteiger charge is 2.59. The maximum absolute atomic E-state index is 13.1. The van der Waals surface area contributed by atoms with Crippen molar-refractivity contribution in [1.82, 2.24) is 0 Å². The summed E-state index contributed by atoms with van der Waals surface area (Å²) in [6.07, 6.45) is 12.8. The molecule has 368 valence electrons. The molecule has 0 spiro atoms. The fourth-order valence-corrected chi connectivity index (χ4v) is 14.9. The van der Waals surface area contributed by atoms with Crippen molar-refractivity contribution < 1.29 is 51.9 Å². The number of hydrogen-bond acceptors (Lipinski definition) is 5. The number of ether oxygens (including phenoxy) is 1. The number of methoxy groups -OCH3 is 1. The van der Waals surface area contributed by atoms with E-state index in [2.05, 4.69) is 50.8 Å². The highest BCUT2D eigenvalue weighted by molar-refractivity contribution is 5.69. The predicted octanol–water partition coefficient (Wildman–Crippen LogP) is 13.7. The number of phenolic OH excluding ortho intramolecular Hbond substituents is 1. The molecule has 6 aliphatic rings. The Morgan fingerprint density at radius 2 is 1.29 bits per heavy atom. The standard InChI is InChI=1S/C33H47F5O4.C22H30O2/c1-31-18-16-26-25-13-12-24(39)20-23(25)19-22(29(26)27(31)14-15-28(31)40)10-7-5-3-2-4-6-9-21(30(41)42)11-8-17-32(34,35)33(36,37)38;1-4-5-14-12-15-13-16(24-3)6-7-17(15)18-10-11-22(2)19(21(14)18)8-9-20(22)23/h12-13,20-22,26-29,39-40H,2-11,14-19H2,1H3,(H,41,42);4,6-7,13-14,18-21,23H,1,5,8-12H2,2-3H3/t21?,22-,26?,27?,28+,29?,31+;14-,18?,19?,20+,21?,22+/m11/s1. The first-order valence-electron chi connectivity index (χ1n) is 25.5. The number of carbonyl (C=O) groups is 1. The van der Waals surface area contributed by atoms with Crippen LogP contribution in [0.3, 0.4) is 0 Å². The van der Waals surface area contributed by atoms with E-state index in [1.54, 1.807) is 18.7 Å². The molecule has 6 nitrogen and oxygen atoms in total. The molecule has 4 N–H and O–H groups in total. The smallest absolute Gasteiger partial charge is 0.453 e. The van der Waals surface area contributed by atoms with E-state index < -0.39 is 36.8 Å². The maximum Gasteiger partial charge on any atom is 0.453 e. The zero-order chi connectivity index (χ0) is 47.6. The van der Waals surface area contributed by atoms with Gasteiger partial charge in [-0.05, 0) is 201 Å². The molecule has 11 heteroatoms. The van der Waals surface area contributed by atoms with Gasteiger partial charge in [0.1, 0.15) is 11.5 Å². The summed E-state index contributed by atoms with van der Waals surface area (Å²) in [5, 5.41) is 41.0. The number of alkyl halides is 5. The van der Waals surface area contributed by atoms with Crippen LogP contribution >= 0.6 is 0 Å². The summed E-state index contributed by atoms with van der Waals surface area (Å²) in [4.78, 5) is 11.5. The molecule has 0 saturated heterocycles. The predicted molar refractivity (Wildman–Crippen MR) is 248 cm³/mol. The van der Waals surface area contributed by atoms with E-state index in [1.165, 1.54) is 29.5 Å². The van der Waals surface area contributed by atoms with Gasteiger partial charge in [0.2, 0.25) is 0 Å². The number of aliphatic carboxylic acids is 1.